The second-order valence-corrected chi connectivity index (χ2v) is 7.06. The molecule has 0 aromatic heterocycles. The molecule has 2 N–H and O–H groups in total. The minimum Gasteiger partial charge on any atom is -0.399 e. The van der Waals surface area contributed by atoms with E-state index >= 15 is 0 Å². The molecule has 1 fully saturated rings. The van der Waals surface area contributed by atoms with Gasteiger partial charge in [0.1, 0.15) is 0 Å². The molecule has 1 atom stereocenters. The molecular weight excluding hydrogens is 306 g/mol. The third kappa shape index (κ3) is 3.00. The highest BCUT2D eigenvalue weighted by Crippen LogP contribution is 2.27. The molecule has 1 aromatic carbocycles. The summed E-state index contributed by atoms with van der Waals surface area (Å²) in [4.78, 5) is 0.304. The van der Waals surface area contributed by atoms with Crippen LogP contribution in [0.15, 0.2) is 27.6 Å². The van der Waals surface area contributed by atoms with E-state index in [9.17, 15) is 8.42 Å². The number of anilines is 1. The zero-order chi connectivity index (χ0) is 12.5. The molecule has 0 radical (unpaired) electrons. The van der Waals surface area contributed by atoms with Crippen molar-refractivity contribution in [3.8, 4) is 0 Å². The van der Waals surface area contributed by atoms with Gasteiger partial charge in [0.2, 0.25) is 0 Å². The van der Waals surface area contributed by atoms with Crippen molar-refractivity contribution in [2.24, 2.45) is 5.92 Å². The summed E-state index contributed by atoms with van der Waals surface area (Å²) < 4.78 is 30.1. The Hall–Kier alpha value is -0.590. The lowest BCUT2D eigenvalue weighted by atomic mass is 10.2. The van der Waals surface area contributed by atoms with E-state index in [1.807, 2.05) is 0 Å². The molecule has 0 amide bonds. The largest absolute Gasteiger partial charge is 0.399 e. The summed E-state index contributed by atoms with van der Waals surface area (Å²) in [6.07, 6.45) is 0.811. The second kappa shape index (κ2) is 4.96. The van der Waals surface area contributed by atoms with Crippen LogP contribution in [0.1, 0.15) is 6.42 Å². The monoisotopic (exact) mass is 319 g/mol. The van der Waals surface area contributed by atoms with Crippen molar-refractivity contribution >= 4 is 31.5 Å². The van der Waals surface area contributed by atoms with Crippen molar-refractivity contribution in [1.82, 2.24) is 0 Å². The molecule has 1 aliphatic heterocycles. The van der Waals surface area contributed by atoms with Crippen molar-refractivity contribution < 1.29 is 13.2 Å². The van der Waals surface area contributed by atoms with Gasteiger partial charge in [0.15, 0.2) is 9.84 Å². The summed E-state index contributed by atoms with van der Waals surface area (Å²) in [5.74, 6) is 0.236. The first-order chi connectivity index (χ1) is 7.99. The van der Waals surface area contributed by atoms with Crippen LogP contribution >= 0.6 is 15.9 Å². The molecule has 94 valence electrons. The molecule has 0 spiro atoms. The van der Waals surface area contributed by atoms with Crippen molar-refractivity contribution in [2.75, 3.05) is 24.7 Å². The van der Waals surface area contributed by atoms with Gasteiger partial charge in [0, 0.05) is 16.8 Å². The van der Waals surface area contributed by atoms with E-state index in [-0.39, 0.29) is 11.7 Å². The van der Waals surface area contributed by atoms with Gasteiger partial charge in [-0.15, -0.1) is 0 Å². The van der Waals surface area contributed by atoms with Crippen molar-refractivity contribution in [3.05, 3.63) is 22.7 Å². The summed E-state index contributed by atoms with van der Waals surface area (Å²) in [7, 11) is -3.27. The molecular formula is C11H14BrNO3S. The maximum Gasteiger partial charge on any atom is 0.179 e. The van der Waals surface area contributed by atoms with E-state index < -0.39 is 9.84 Å². The lowest BCUT2D eigenvalue weighted by molar-refractivity contribution is 0.188. The van der Waals surface area contributed by atoms with Crippen LogP contribution in [0.3, 0.4) is 0 Å². The van der Waals surface area contributed by atoms with E-state index in [0.717, 1.165) is 6.42 Å². The lowest BCUT2D eigenvalue weighted by Crippen LogP contribution is -2.17. The number of benzene rings is 1. The Labute approximate surface area is 109 Å². The number of nitrogen functional groups attached to an aromatic ring is 1. The van der Waals surface area contributed by atoms with Crippen LogP contribution in [-0.2, 0) is 14.6 Å². The van der Waals surface area contributed by atoms with Crippen molar-refractivity contribution in [3.63, 3.8) is 0 Å². The molecule has 17 heavy (non-hydrogen) atoms. The molecule has 1 aromatic rings. The number of sulfone groups is 1. The Balaban J connectivity index is 2.24. The molecule has 4 nitrogen and oxygen atoms in total. The molecule has 1 unspecified atom stereocenters. The van der Waals surface area contributed by atoms with E-state index in [4.69, 9.17) is 10.5 Å². The van der Waals surface area contributed by atoms with Crippen molar-refractivity contribution in [2.45, 2.75) is 11.3 Å². The van der Waals surface area contributed by atoms with Gasteiger partial charge in [-0.05, 0) is 46.5 Å². The van der Waals surface area contributed by atoms with Gasteiger partial charge >= 0.3 is 0 Å². The number of rotatable bonds is 3. The highest BCUT2D eigenvalue weighted by atomic mass is 79.9. The van der Waals surface area contributed by atoms with Crippen LogP contribution in [-0.4, -0.2) is 27.4 Å². The Morgan fingerprint density at radius 1 is 1.47 bits per heavy atom. The predicted octanol–water partition coefficient (Wildman–Crippen LogP) is 1.84. The van der Waals surface area contributed by atoms with Gasteiger partial charge in [-0.2, -0.15) is 0 Å². The van der Waals surface area contributed by atoms with Gasteiger partial charge < -0.3 is 10.5 Å². The van der Waals surface area contributed by atoms with Crippen LogP contribution in [0.5, 0.6) is 0 Å². The summed E-state index contributed by atoms with van der Waals surface area (Å²) in [6, 6.07) is 4.76. The summed E-state index contributed by atoms with van der Waals surface area (Å²) in [6.45, 7) is 1.19. The number of ether oxygens (including phenoxy) is 1. The van der Waals surface area contributed by atoms with Crippen molar-refractivity contribution in [1.29, 1.82) is 0 Å². The average Bonchev–Trinajstić information content (AvgIpc) is 2.68. The first-order valence-electron chi connectivity index (χ1n) is 5.34. The number of hydrogen-bond donors (Lipinski definition) is 1. The Bertz CT molecular complexity index is 509. The SMILES string of the molecule is Nc1ccc(S(=O)(=O)CC2CCOC2)c(Br)c1. The summed E-state index contributed by atoms with van der Waals surface area (Å²) in [5.41, 5.74) is 6.13. The number of nitrogens with two attached hydrogens (primary N) is 1. The first-order valence-corrected chi connectivity index (χ1v) is 7.79. The smallest absolute Gasteiger partial charge is 0.179 e. The number of halogens is 1. The fourth-order valence-corrected chi connectivity index (χ4v) is 4.72. The predicted molar refractivity (Wildman–Crippen MR) is 69.5 cm³/mol. The van der Waals surface area contributed by atoms with Crippen LogP contribution in [0.25, 0.3) is 0 Å². The van der Waals surface area contributed by atoms with Crippen LogP contribution in [0.4, 0.5) is 5.69 Å². The fraction of sp³-hybridized carbons (Fsp3) is 0.455. The average molecular weight is 320 g/mol. The van der Waals surface area contributed by atoms with Gasteiger partial charge in [0.25, 0.3) is 0 Å². The second-order valence-electron chi connectivity index (χ2n) is 4.20. The molecule has 0 aliphatic carbocycles. The molecule has 1 saturated heterocycles. The molecule has 6 heteroatoms. The maximum absolute atomic E-state index is 12.2. The van der Waals surface area contributed by atoms with E-state index in [0.29, 0.717) is 28.3 Å². The van der Waals surface area contributed by atoms with Gasteiger partial charge in [-0.25, -0.2) is 8.42 Å². The molecule has 0 bridgehead atoms. The van der Waals surface area contributed by atoms with E-state index in [1.54, 1.807) is 18.2 Å². The Kier molecular flexibility index (Phi) is 3.75. The fourth-order valence-electron chi connectivity index (χ4n) is 1.88. The normalized spacial score (nSPS) is 20.6. The zero-order valence-corrected chi connectivity index (χ0v) is 11.6. The third-order valence-electron chi connectivity index (χ3n) is 2.77. The Morgan fingerprint density at radius 3 is 2.82 bits per heavy atom. The van der Waals surface area contributed by atoms with Crippen LogP contribution in [0.2, 0.25) is 0 Å². The first kappa shape index (κ1) is 12.9. The molecule has 0 saturated carbocycles. The molecule has 1 aliphatic rings. The highest BCUT2D eigenvalue weighted by Gasteiger charge is 2.26. The Morgan fingerprint density at radius 2 is 2.24 bits per heavy atom. The van der Waals surface area contributed by atoms with E-state index in [1.165, 1.54) is 0 Å². The quantitative estimate of drug-likeness (QED) is 0.863. The molecule has 2 rings (SSSR count). The maximum atomic E-state index is 12.2. The summed E-state index contributed by atoms with van der Waals surface area (Å²) >= 11 is 3.24. The zero-order valence-electron chi connectivity index (χ0n) is 9.23. The minimum absolute atomic E-state index is 0.101. The van der Waals surface area contributed by atoms with Gasteiger partial charge in [-0.1, -0.05) is 0 Å². The van der Waals surface area contributed by atoms with Gasteiger partial charge in [-0.3, -0.25) is 0 Å². The van der Waals surface area contributed by atoms with Gasteiger partial charge in [0.05, 0.1) is 17.3 Å². The minimum atomic E-state index is -3.27. The number of hydrogen-bond acceptors (Lipinski definition) is 4. The molecule has 1 heterocycles. The van der Waals surface area contributed by atoms with Crippen LogP contribution in [0, 0.1) is 5.92 Å². The lowest BCUT2D eigenvalue weighted by Gasteiger charge is -2.10. The van der Waals surface area contributed by atoms with Crippen LogP contribution < -0.4 is 5.73 Å². The third-order valence-corrected chi connectivity index (χ3v) is 5.62. The topological polar surface area (TPSA) is 69.4 Å². The standard InChI is InChI=1S/C11H14BrNO3S/c12-10-5-9(13)1-2-11(10)17(14,15)7-8-3-4-16-6-8/h1-2,5,8H,3-4,6-7,13H2. The van der Waals surface area contributed by atoms with E-state index in [2.05, 4.69) is 15.9 Å². The summed E-state index contributed by atoms with van der Waals surface area (Å²) in [5, 5.41) is 0. The highest BCUT2D eigenvalue weighted by molar-refractivity contribution is 9.10.